The van der Waals surface area contributed by atoms with Crippen LogP contribution < -0.4 is 10.6 Å². The van der Waals surface area contributed by atoms with Gasteiger partial charge in [-0.3, -0.25) is 4.79 Å². The number of nitrogens with two attached hydrogens (primary N) is 1. The molecule has 2 fully saturated rings. The molecule has 4 heterocycles. The number of anilines is 2. The quantitative estimate of drug-likeness (QED) is 0.442. The van der Waals surface area contributed by atoms with Crippen LogP contribution in [0.1, 0.15) is 37.7 Å². The van der Waals surface area contributed by atoms with E-state index in [0.717, 1.165) is 18.4 Å². The number of amides is 1. The smallest absolute Gasteiger partial charge is 0.244 e. The number of hydrogen-bond donors (Lipinski definition) is 2. The highest BCUT2D eigenvalue weighted by molar-refractivity contribution is 5.97. The Kier molecular flexibility index (Phi) is 5.54. The number of aromatic nitrogens is 6. The molecule has 4 aromatic rings. The molecule has 0 bridgehead atoms. The summed E-state index contributed by atoms with van der Waals surface area (Å²) in [7, 11) is 0. The SMILES string of the molecule is CC1CN(c2ccc(C3CCC3)cc2F)CCN1C(=O)Cn1nc(-c2ncc[nH]2)c2c(N)ncnc21. The molecule has 0 radical (unpaired) electrons. The molecule has 0 spiro atoms. The highest BCUT2D eigenvalue weighted by atomic mass is 19.1. The zero-order valence-corrected chi connectivity index (χ0v) is 20.1. The summed E-state index contributed by atoms with van der Waals surface area (Å²) in [6, 6.07) is 5.54. The van der Waals surface area contributed by atoms with Crippen LogP contribution in [0.3, 0.4) is 0 Å². The van der Waals surface area contributed by atoms with Crippen molar-refractivity contribution in [2.75, 3.05) is 30.3 Å². The molecule has 10 nitrogen and oxygen atoms in total. The summed E-state index contributed by atoms with van der Waals surface area (Å²) in [6.45, 7) is 3.59. The minimum absolute atomic E-state index is 0.00243. The van der Waals surface area contributed by atoms with Gasteiger partial charge in [-0.05, 0) is 43.4 Å². The van der Waals surface area contributed by atoms with Crippen molar-refractivity contribution in [1.82, 2.24) is 34.6 Å². The predicted molar refractivity (Wildman–Crippen MR) is 134 cm³/mol. The van der Waals surface area contributed by atoms with Gasteiger partial charge in [-0.1, -0.05) is 12.5 Å². The standard InChI is InChI=1S/C25H28FN9O/c1-15-12-33(19-6-5-17(11-18(19)26)16-3-2-4-16)9-10-34(15)20(36)13-35-25-21(23(27)30-14-31-25)22(32-35)24-28-7-8-29-24/h5-8,11,14-16H,2-4,9-10,12-13H2,1H3,(H,28,29)(H2,27,30,31). The highest BCUT2D eigenvalue weighted by Gasteiger charge is 2.30. The average molecular weight is 490 g/mol. The van der Waals surface area contributed by atoms with E-state index in [1.54, 1.807) is 23.1 Å². The number of piperazine rings is 1. The summed E-state index contributed by atoms with van der Waals surface area (Å²) < 4.78 is 16.5. The van der Waals surface area contributed by atoms with Crippen molar-refractivity contribution in [1.29, 1.82) is 0 Å². The van der Waals surface area contributed by atoms with E-state index in [-0.39, 0.29) is 30.1 Å². The molecule has 1 aromatic carbocycles. The Morgan fingerprint density at radius 3 is 2.78 bits per heavy atom. The number of nitrogens with zero attached hydrogens (tertiary/aromatic N) is 7. The summed E-state index contributed by atoms with van der Waals surface area (Å²) in [5.74, 6) is 1.03. The Morgan fingerprint density at radius 1 is 1.22 bits per heavy atom. The van der Waals surface area contributed by atoms with E-state index in [1.807, 2.05) is 22.8 Å². The normalized spacial score (nSPS) is 18.6. The number of nitrogen functional groups attached to an aromatic ring is 1. The Labute approximate surface area is 207 Å². The van der Waals surface area contributed by atoms with E-state index in [9.17, 15) is 9.18 Å². The summed E-state index contributed by atoms with van der Waals surface area (Å²) in [6.07, 6.45) is 8.18. The molecular weight excluding hydrogens is 461 g/mol. The summed E-state index contributed by atoms with van der Waals surface area (Å²) in [5.41, 5.74) is 8.78. The average Bonchev–Trinajstić information content (AvgIpc) is 3.47. The second-order valence-electron chi connectivity index (χ2n) is 9.62. The van der Waals surface area contributed by atoms with Crippen LogP contribution in [0.5, 0.6) is 0 Å². The number of fused-ring (bicyclic) bond motifs is 1. The molecule has 1 amide bonds. The predicted octanol–water partition coefficient (Wildman–Crippen LogP) is 2.94. The first-order valence-corrected chi connectivity index (χ1v) is 12.3. The topological polar surface area (TPSA) is 122 Å². The van der Waals surface area contributed by atoms with Crippen LogP contribution in [-0.2, 0) is 11.3 Å². The van der Waals surface area contributed by atoms with Crippen LogP contribution >= 0.6 is 0 Å². The van der Waals surface area contributed by atoms with E-state index in [1.165, 1.54) is 12.7 Å². The molecule has 6 rings (SSSR count). The molecule has 3 N–H and O–H groups in total. The van der Waals surface area contributed by atoms with Gasteiger partial charge >= 0.3 is 0 Å². The largest absolute Gasteiger partial charge is 0.383 e. The fourth-order valence-corrected chi connectivity index (χ4v) is 5.24. The number of halogens is 1. The number of nitrogens with one attached hydrogen (secondary N) is 1. The fraction of sp³-hybridized carbons (Fsp3) is 0.400. The van der Waals surface area contributed by atoms with E-state index in [4.69, 9.17) is 5.73 Å². The minimum Gasteiger partial charge on any atom is -0.383 e. The van der Waals surface area contributed by atoms with Crippen molar-refractivity contribution < 1.29 is 9.18 Å². The second kappa shape index (κ2) is 8.89. The first-order valence-electron chi connectivity index (χ1n) is 12.3. The van der Waals surface area contributed by atoms with Crippen molar-refractivity contribution in [3.63, 3.8) is 0 Å². The maximum atomic E-state index is 15.0. The second-order valence-corrected chi connectivity index (χ2v) is 9.62. The summed E-state index contributed by atoms with van der Waals surface area (Å²) in [5, 5.41) is 5.15. The summed E-state index contributed by atoms with van der Waals surface area (Å²) >= 11 is 0. The van der Waals surface area contributed by atoms with E-state index < -0.39 is 0 Å². The third kappa shape index (κ3) is 3.84. The number of imidazole rings is 1. The Morgan fingerprint density at radius 2 is 2.08 bits per heavy atom. The van der Waals surface area contributed by atoms with Gasteiger partial charge in [-0.15, -0.1) is 0 Å². The zero-order valence-electron chi connectivity index (χ0n) is 20.1. The molecule has 3 aromatic heterocycles. The Balaban J connectivity index is 1.19. The lowest BCUT2D eigenvalue weighted by Gasteiger charge is -2.41. The van der Waals surface area contributed by atoms with Crippen LogP contribution in [0, 0.1) is 5.82 Å². The lowest BCUT2D eigenvalue weighted by Crippen LogP contribution is -2.55. The molecule has 186 valence electrons. The van der Waals surface area contributed by atoms with Gasteiger partial charge in [0.05, 0.1) is 11.1 Å². The molecule has 1 saturated heterocycles. The number of aromatic amines is 1. The Hall–Kier alpha value is -4.02. The van der Waals surface area contributed by atoms with Crippen LogP contribution in [0.4, 0.5) is 15.9 Å². The number of hydrogen-bond acceptors (Lipinski definition) is 7. The van der Waals surface area contributed by atoms with Gasteiger partial charge in [0, 0.05) is 38.1 Å². The minimum atomic E-state index is -0.183. The molecule has 1 aliphatic carbocycles. The number of benzene rings is 1. The van der Waals surface area contributed by atoms with Crippen LogP contribution in [0.25, 0.3) is 22.6 Å². The van der Waals surface area contributed by atoms with Crippen molar-refractivity contribution in [3.8, 4) is 11.5 Å². The maximum absolute atomic E-state index is 15.0. The van der Waals surface area contributed by atoms with E-state index in [2.05, 4.69) is 31.1 Å². The first kappa shape index (κ1) is 22.4. The Bertz CT molecular complexity index is 1410. The highest BCUT2D eigenvalue weighted by Crippen LogP contribution is 2.38. The number of carbonyl (C=O) groups is 1. The van der Waals surface area contributed by atoms with Gasteiger partial charge in [0.25, 0.3) is 0 Å². The molecule has 1 aliphatic heterocycles. The number of H-pyrrole nitrogens is 1. The third-order valence-electron chi connectivity index (χ3n) is 7.40. The molecule has 1 unspecified atom stereocenters. The number of rotatable bonds is 5. The van der Waals surface area contributed by atoms with E-state index >= 15 is 0 Å². The van der Waals surface area contributed by atoms with Gasteiger partial charge in [0.15, 0.2) is 11.5 Å². The van der Waals surface area contributed by atoms with Crippen LogP contribution in [0.2, 0.25) is 0 Å². The molecule has 1 saturated carbocycles. The van der Waals surface area contributed by atoms with Crippen molar-refractivity contribution in [2.45, 2.75) is 44.7 Å². The molecule has 1 atom stereocenters. The molecule has 11 heteroatoms. The lowest BCUT2D eigenvalue weighted by molar-refractivity contribution is -0.134. The monoisotopic (exact) mass is 489 g/mol. The lowest BCUT2D eigenvalue weighted by atomic mass is 9.80. The molecule has 36 heavy (non-hydrogen) atoms. The zero-order chi connectivity index (χ0) is 24.8. The van der Waals surface area contributed by atoms with Crippen molar-refractivity contribution in [2.24, 2.45) is 0 Å². The van der Waals surface area contributed by atoms with Crippen LogP contribution in [0.15, 0.2) is 36.9 Å². The van der Waals surface area contributed by atoms with Crippen LogP contribution in [-0.4, -0.2) is 66.2 Å². The molecule has 2 aliphatic rings. The fourth-order valence-electron chi connectivity index (χ4n) is 5.24. The van der Waals surface area contributed by atoms with Gasteiger partial charge in [0.2, 0.25) is 5.91 Å². The van der Waals surface area contributed by atoms with Gasteiger partial charge in [-0.2, -0.15) is 5.10 Å². The van der Waals surface area contributed by atoms with E-state index in [0.29, 0.717) is 53.8 Å². The third-order valence-corrected chi connectivity index (χ3v) is 7.40. The van der Waals surface area contributed by atoms with Gasteiger partial charge in [-0.25, -0.2) is 24.0 Å². The first-order chi connectivity index (χ1) is 17.5. The molecular formula is C25H28FN9O. The van der Waals surface area contributed by atoms with Crippen molar-refractivity contribution in [3.05, 3.63) is 48.3 Å². The maximum Gasteiger partial charge on any atom is 0.244 e. The van der Waals surface area contributed by atoms with Gasteiger partial charge in [0.1, 0.15) is 30.2 Å². The number of carbonyl (C=O) groups excluding carboxylic acids is 1. The van der Waals surface area contributed by atoms with Crippen molar-refractivity contribution >= 4 is 28.4 Å². The summed E-state index contributed by atoms with van der Waals surface area (Å²) in [4.78, 5) is 32.9. The van der Waals surface area contributed by atoms with Gasteiger partial charge < -0.3 is 20.5 Å².